The average Bonchev–Trinajstić information content (AvgIpc) is 1.62. The number of alkyl halides is 18. The Balaban J connectivity index is 0.000000128. The summed E-state index contributed by atoms with van der Waals surface area (Å²) in [5, 5.41) is 10.6. The number of hydrogen-bond donors (Lipinski definition) is 0. The summed E-state index contributed by atoms with van der Waals surface area (Å²) >= 11 is 0. The number of aryl methyl sites for hydroxylation is 8. The number of halogens is 18. The highest BCUT2D eigenvalue weighted by Crippen LogP contribution is 2.43. The average molecular weight is 1840 g/mol. The molecular formula is C106H90F18N6O3. The smallest absolute Gasteiger partial charge is 0.416 e. The van der Waals surface area contributed by atoms with Crippen molar-refractivity contribution in [3.8, 4) is 62.0 Å². The van der Waals surface area contributed by atoms with Crippen LogP contribution < -0.4 is 0 Å². The Hall–Kier alpha value is -13.5. The summed E-state index contributed by atoms with van der Waals surface area (Å²) in [4.78, 5) is 0. The minimum Gasteiger partial charge on any atom is -0.456 e. The van der Waals surface area contributed by atoms with E-state index in [1.807, 2.05) is 157 Å². The molecule has 0 radical (unpaired) electrons. The SMILES string of the molecule is CCn1c(-c2ccc(C(F)(F)F)cc2)cc2cc(C)ccc21.CCn1c(-c2cccc(C(F)(F)F)c2)cc2cc(C)ccc21.COCCn1c(-c2ccc(C(F)(F)F)cc2)cc2cc(C)ccc21.Cc1ccc2c(c1)cc(-c1ccc(C(F)(F)F)cc1)n2C1CCOC1.Cc1ccc2nn(-c3ccc(C(F)(F)F)cc3)cc2c1.Cc1ccc2oc(-c3ccc(C(F)(F)F)cc3)cc2c1. The van der Waals surface area contributed by atoms with Crippen LogP contribution in [0.5, 0.6) is 0 Å². The van der Waals surface area contributed by atoms with Crippen molar-refractivity contribution in [3.05, 3.63) is 358 Å². The third-order valence-corrected chi connectivity index (χ3v) is 22.9. The summed E-state index contributed by atoms with van der Waals surface area (Å²) < 4.78 is 255. The second kappa shape index (κ2) is 39.1. The van der Waals surface area contributed by atoms with Gasteiger partial charge in [-0.05, 0) is 272 Å². The van der Waals surface area contributed by atoms with Crippen molar-refractivity contribution in [2.45, 2.75) is 125 Å². The summed E-state index contributed by atoms with van der Waals surface area (Å²) in [6, 6.07) is 77.9. The molecule has 18 aromatic rings. The zero-order valence-corrected chi connectivity index (χ0v) is 73.5. The Morgan fingerprint density at radius 1 is 0.338 bits per heavy atom. The largest absolute Gasteiger partial charge is 0.456 e. The molecule has 0 amide bonds. The Morgan fingerprint density at radius 3 is 1.12 bits per heavy atom. The van der Waals surface area contributed by atoms with Crippen LogP contribution in [0.3, 0.4) is 0 Å². The van der Waals surface area contributed by atoms with Gasteiger partial charge in [-0.3, -0.25) is 0 Å². The summed E-state index contributed by atoms with van der Waals surface area (Å²) in [7, 11) is 1.63. The normalized spacial score (nSPS) is 13.2. The molecule has 1 aliphatic heterocycles. The van der Waals surface area contributed by atoms with E-state index >= 15 is 0 Å². The van der Waals surface area contributed by atoms with Crippen LogP contribution in [0.2, 0.25) is 0 Å². The lowest BCUT2D eigenvalue weighted by atomic mass is 10.1. The van der Waals surface area contributed by atoms with E-state index < -0.39 is 70.4 Å². The topological polar surface area (TPSA) is 69.1 Å². The van der Waals surface area contributed by atoms with Crippen molar-refractivity contribution in [1.82, 2.24) is 28.0 Å². The molecule has 688 valence electrons. The molecule has 27 heteroatoms. The van der Waals surface area contributed by atoms with E-state index in [1.54, 1.807) is 30.0 Å². The highest BCUT2D eigenvalue weighted by atomic mass is 19.4. The molecule has 9 nitrogen and oxygen atoms in total. The molecule has 0 spiro atoms. The molecule has 0 aliphatic carbocycles. The standard InChI is InChI=1S/C20H18F3NO.C19H18F3NO.2C18H16F3N.C16H11F3O.C15H11F3N2/c1-13-2-7-18-15(10-13)11-19(24(18)17-8-9-25-12-17)14-3-5-16(6-4-14)20(21,22)23;1-13-3-8-17-15(11-13)12-18(23(17)9-10-24-2)14-4-6-16(7-5-14)19(20,21)22;1-3-22-16-9-4-12(2)10-14(16)11-17(22)13-5-7-15(8-6-13)18(19,20)21;1-3-22-16-8-7-12(2)9-14(16)11-17(22)13-5-4-6-15(10-13)18(19,20)21;1-10-2-7-14-12(8-10)9-15(20-14)11-3-5-13(6-4-11)16(17,18)19;1-10-2-7-14-11(8-10)9-20(19-14)13-5-3-12(4-6-13)15(16,17)18/h2-7,10-11,17H,8-9,12H2,1H3;3-8,11-12H,9-10H2,1-2H3;2*4-11H,3H2,1-2H3;2*2-9H,1H3. The van der Waals surface area contributed by atoms with E-state index in [2.05, 4.69) is 67.3 Å². The molecule has 1 aliphatic rings. The van der Waals surface area contributed by atoms with Gasteiger partial charge in [0.25, 0.3) is 0 Å². The molecule has 19 rings (SSSR count). The van der Waals surface area contributed by atoms with Gasteiger partial charge in [-0.1, -0.05) is 130 Å². The Labute approximate surface area is 754 Å². The Bertz CT molecular complexity index is 6960. The van der Waals surface area contributed by atoms with Gasteiger partial charge in [-0.15, -0.1) is 0 Å². The van der Waals surface area contributed by atoms with Crippen LogP contribution in [0.1, 0.15) is 93.1 Å². The first kappa shape index (κ1) is 95.6. The summed E-state index contributed by atoms with van der Waals surface area (Å²) in [5.74, 6) is 0.569. The van der Waals surface area contributed by atoms with Gasteiger partial charge in [-0.25, -0.2) is 4.68 Å². The van der Waals surface area contributed by atoms with Crippen LogP contribution in [0, 0.1) is 41.5 Å². The van der Waals surface area contributed by atoms with Gasteiger partial charge >= 0.3 is 37.1 Å². The number of rotatable bonds is 12. The molecule has 0 bridgehead atoms. The fourth-order valence-corrected chi connectivity index (χ4v) is 16.2. The Morgan fingerprint density at radius 2 is 0.699 bits per heavy atom. The number of benzene rings is 12. The molecule has 1 atom stereocenters. The van der Waals surface area contributed by atoms with Gasteiger partial charge < -0.3 is 32.2 Å². The van der Waals surface area contributed by atoms with Gasteiger partial charge in [0.15, 0.2) is 0 Å². The molecule has 0 saturated carbocycles. The summed E-state index contributed by atoms with van der Waals surface area (Å²) in [6.45, 7) is 20.1. The molecule has 1 saturated heterocycles. The number of furan rings is 1. The number of ether oxygens (including phenoxy) is 2. The van der Waals surface area contributed by atoms with E-state index in [0.29, 0.717) is 55.5 Å². The van der Waals surface area contributed by atoms with E-state index in [4.69, 9.17) is 13.9 Å². The first-order valence-electron chi connectivity index (χ1n) is 42.5. The van der Waals surface area contributed by atoms with Crippen LogP contribution in [-0.2, 0) is 66.2 Å². The van der Waals surface area contributed by atoms with Crippen molar-refractivity contribution in [1.29, 1.82) is 0 Å². The van der Waals surface area contributed by atoms with Crippen LogP contribution in [0.25, 0.3) is 128 Å². The fourth-order valence-electron chi connectivity index (χ4n) is 16.2. The maximum atomic E-state index is 12.9. The highest BCUT2D eigenvalue weighted by Gasteiger charge is 2.36. The zero-order valence-electron chi connectivity index (χ0n) is 73.5. The molecule has 1 unspecified atom stereocenters. The zero-order chi connectivity index (χ0) is 95.4. The third-order valence-electron chi connectivity index (χ3n) is 22.9. The highest BCUT2D eigenvalue weighted by molar-refractivity contribution is 5.92. The Kier molecular flexibility index (Phi) is 28.1. The molecule has 12 aromatic carbocycles. The van der Waals surface area contributed by atoms with Crippen LogP contribution in [-0.4, -0.2) is 55.0 Å². The van der Waals surface area contributed by atoms with Crippen LogP contribution in [0.15, 0.2) is 296 Å². The molecule has 7 heterocycles. The van der Waals surface area contributed by atoms with Gasteiger partial charge in [-0.2, -0.15) is 84.1 Å². The van der Waals surface area contributed by atoms with Crippen molar-refractivity contribution in [3.63, 3.8) is 0 Å². The van der Waals surface area contributed by atoms with E-state index in [9.17, 15) is 79.0 Å². The number of fused-ring (bicyclic) bond motifs is 6. The minimum absolute atomic E-state index is 0.206. The van der Waals surface area contributed by atoms with Crippen LogP contribution in [0.4, 0.5) is 79.0 Å². The maximum Gasteiger partial charge on any atom is 0.416 e. The second-order valence-corrected chi connectivity index (χ2v) is 32.6. The molecule has 133 heavy (non-hydrogen) atoms. The first-order chi connectivity index (χ1) is 63.0. The third kappa shape index (κ3) is 22.5. The van der Waals surface area contributed by atoms with Crippen molar-refractivity contribution in [2.75, 3.05) is 26.9 Å². The van der Waals surface area contributed by atoms with Crippen molar-refractivity contribution in [2.24, 2.45) is 0 Å². The number of methoxy groups -OCH3 is 1. The van der Waals surface area contributed by atoms with Gasteiger partial charge in [0.2, 0.25) is 0 Å². The lowest BCUT2D eigenvalue weighted by Crippen LogP contribution is -2.10. The van der Waals surface area contributed by atoms with E-state index in [1.165, 1.54) is 66.2 Å². The molecule has 6 aromatic heterocycles. The predicted octanol–water partition coefficient (Wildman–Crippen LogP) is 32.0. The van der Waals surface area contributed by atoms with Crippen molar-refractivity contribution >= 4 is 65.5 Å². The maximum absolute atomic E-state index is 12.9. The molecule has 1 fully saturated rings. The predicted molar refractivity (Wildman–Crippen MR) is 488 cm³/mol. The lowest BCUT2D eigenvalue weighted by Gasteiger charge is -2.17. The second-order valence-electron chi connectivity index (χ2n) is 32.6. The van der Waals surface area contributed by atoms with Gasteiger partial charge in [0.05, 0.1) is 63.8 Å². The van der Waals surface area contributed by atoms with Gasteiger partial charge in [0, 0.05) is 122 Å². The lowest BCUT2D eigenvalue weighted by molar-refractivity contribution is -0.138. The van der Waals surface area contributed by atoms with Gasteiger partial charge in [0.1, 0.15) is 11.3 Å². The van der Waals surface area contributed by atoms with E-state index in [-0.39, 0.29) is 6.04 Å². The monoisotopic (exact) mass is 1840 g/mol. The first-order valence-corrected chi connectivity index (χ1v) is 42.5. The minimum atomic E-state index is -4.32. The molecular weight excluding hydrogens is 1750 g/mol. The summed E-state index contributed by atoms with van der Waals surface area (Å²) in [5.41, 5.74) is 16.6. The summed E-state index contributed by atoms with van der Waals surface area (Å²) in [6.07, 6.45) is -23.2. The van der Waals surface area contributed by atoms with E-state index in [0.717, 1.165) is 212 Å². The van der Waals surface area contributed by atoms with Crippen LogP contribution >= 0.6 is 0 Å². The molecule has 0 N–H and O–H groups in total. The number of aromatic nitrogens is 6. The quantitative estimate of drug-likeness (QED) is 0.114. The van der Waals surface area contributed by atoms with Crippen molar-refractivity contribution < 1.29 is 92.9 Å². The number of nitrogens with zero attached hydrogens (tertiary/aromatic N) is 6. The number of hydrogen-bond acceptors (Lipinski definition) is 4. The fraction of sp³-hybridized carbons (Fsp3) is 0.217.